The molecular weight excluding hydrogens is 454 g/mol. The summed E-state index contributed by atoms with van der Waals surface area (Å²) in [5, 5.41) is 0. The monoisotopic (exact) mass is 493 g/mol. The van der Waals surface area contributed by atoms with Crippen LogP contribution in [0.2, 0.25) is 0 Å². The fourth-order valence-electron chi connectivity index (χ4n) is 2.99. The zero-order valence-corrected chi connectivity index (χ0v) is 21.5. The molecule has 0 unspecified atom stereocenters. The van der Waals surface area contributed by atoms with Crippen LogP contribution in [0.4, 0.5) is 0 Å². The minimum absolute atomic E-state index is 0.0898. The van der Waals surface area contributed by atoms with E-state index in [0.29, 0.717) is 24.8 Å². The Morgan fingerprint density at radius 1 is 0.771 bits per heavy atom. The van der Waals surface area contributed by atoms with Gasteiger partial charge in [-0.25, -0.2) is 0 Å². The Hall–Kier alpha value is -2.94. The Kier molecular flexibility index (Phi) is 13.6. The van der Waals surface area contributed by atoms with Gasteiger partial charge in [-0.1, -0.05) is 33.3 Å². The van der Waals surface area contributed by atoms with E-state index in [-0.39, 0.29) is 36.7 Å². The van der Waals surface area contributed by atoms with Crippen molar-refractivity contribution in [1.29, 1.82) is 0 Å². The molecule has 0 saturated carbocycles. The van der Waals surface area contributed by atoms with Crippen molar-refractivity contribution in [3.05, 3.63) is 23.8 Å². The summed E-state index contributed by atoms with van der Waals surface area (Å²) in [6, 6.07) is 3.67. The van der Waals surface area contributed by atoms with Gasteiger partial charge >= 0.3 is 23.9 Å². The average molecular weight is 494 g/mol. The number of nitrogens with two attached hydrogens (primary N) is 1. The number of unbranched alkanes of at least 4 members (excludes halogenated alkanes) is 1. The van der Waals surface area contributed by atoms with Gasteiger partial charge in [0.2, 0.25) is 0 Å². The molecule has 3 atom stereocenters. The van der Waals surface area contributed by atoms with Crippen LogP contribution in [0.1, 0.15) is 85.1 Å². The molecule has 9 heteroatoms. The second kappa shape index (κ2) is 15.9. The van der Waals surface area contributed by atoms with Crippen molar-refractivity contribution >= 4 is 23.9 Å². The second-order valence-electron chi connectivity index (χ2n) is 8.48. The molecule has 0 bridgehead atoms. The van der Waals surface area contributed by atoms with Crippen molar-refractivity contribution in [3.8, 4) is 11.5 Å². The number of rotatable bonds is 15. The summed E-state index contributed by atoms with van der Waals surface area (Å²) >= 11 is 0. The van der Waals surface area contributed by atoms with Crippen molar-refractivity contribution in [2.24, 2.45) is 5.73 Å². The topological polar surface area (TPSA) is 131 Å². The molecule has 0 fully saturated rings. The van der Waals surface area contributed by atoms with E-state index in [9.17, 15) is 19.2 Å². The van der Waals surface area contributed by atoms with Gasteiger partial charge in [0, 0.05) is 19.3 Å². The third kappa shape index (κ3) is 11.4. The fourth-order valence-corrected chi connectivity index (χ4v) is 2.99. The van der Waals surface area contributed by atoms with Crippen molar-refractivity contribution in [2.75, 3.05) is 0 Å². The zero-order valence-electron chi connectivity index (χ0n) is 21.5. The lowest BCUT2D eigenvalue weighted by atomic mass is 10.1. The van der Waals surface area contributed by atoms with E-state index < -0.39 is 36.2 Å². The smallest absolute Gasteiger partial charge is 0.323 e. The first-order valence-corrected chi connectivity index (χ1v) is 12.3. The maximum atomic E-state index is 12.5. The highest BCUT2D eigenvalue weighted by atomic mass is 16.6. The van der Waals surface area contributed by atoms with Gasteiger partial charge in [0.05, 0.1) is 0 Å². The number of esters is 4. The Morgan fingerprint density at radius 3 is 1.91 bits per heavy atom. The number of benzene rings is 1. The van der Waals surface area contributed by atoms with Gasteiger partial charge in [0.25, 0.3) is 0 Å². The van der Waals surface area contributed by atoms with Gasteiger partial charge in [-0.3, -0.25) is 19.2 Å². The van der Waals surface area contributed by atoms with E-state index >= 15 is 0 Å². The maximum absolute atomic E-state index is 12.5. The molecule has 35 heavy (non-hydrogen) atoms. The first-order valence-electron chi connectivity index (χ1n) is 12.3. The zero-order chi connectivity index (χ0) is 26.4. The number of ether oxygens (including phenoxy) is 4. The summed E-state index contributed by atoms with van der Waals surface area (Å²) < 4.78 is 21.4. The Morgan fingerprint density at radius 2 is 1.34 bits per heavy atom. The Bertz CT molecular complexity index is 854. The van der Waals surface area contributed by atoms with Crippen LogP contribution in [-0.2, 0) is 35.1 Å². The van der Waals surface area contributed by atoms with Crippen molar-refractivity contribution < 1.29 is 38.1 Å². The van der Waals surface area contributed by atoms with Gasteiger partial charge < -0.3 is 24.7 Å². The van der Waals surface area contributed by atoms with E-state index in [1.807, 2.05) is 20.8 Å². The molecule has 0 spiro atoms. The predicted octanol–water partition coefficient (Wildman–Crippen LogP) is 4.02. The van der Waals surface area contributed by atoms with E-state index in [2.05, 4.69) is 0 Å². The molecule has 2 N–H and O–H groups in total. The lowest BCUT2D eigenvalue weighted by Crippen LogP contribution is -2.39. The SMILES string of the molecule is CCCCC(=O)O[C@@H](C)[C@H](C)OC(=O)[C@@H](N)Cc1ccc(OC(=O)CCC)c(OC(=O)CCC)c1. The van der Waals surface area contributed by atoms with E-state index in [1.165, 1.54) is 12.1 Å². The van der Waals surface area contributed by atoms with Crippen LogP contribution < -0.4 is 15.2 Å². The number of carbonyl (C=O) groups is 4. The summed E-state index contributed by atoms with van der Waals surface area (Å²) in [6.45, 7) is 8.96. The van der Waals surface area contributed by atoms with Crippen molar-refractivity contribution in [2.45, 2.75) is 104 Å². The number of hydrogen-bond acceptors (Lipinski definition) is 9. The molecule has 0 aliphatic heterocycles. The molecule has 9 nitrogen and oxygen atoms in total. The van der Waals surface area contributed by atoms with Gasteiger partial charge in [-0.2, -0.15) is 0 Å². The molecule has 0 aromatic heterocycles. The first kappa shape index (κ1) is 30.1. The van der Waals surface area contributed by atoms with Gasteiger partial charge in [-0.05, 0) is 57.2 Å². The molecule has 0 radical (unpaired) electrons. The molecule has 0 aliphatic rings. The minimum Gasteiger partial charge on any atom is -0.459 e. The van der Waals surface area contributed by atoms with Crippen LogP contribution in [0.5, 0.6) is 11.5 Å². The normalized spacial score (nSPS) is 13.3. The van der Waals surface area contributed by atoms with Crippen LogP contribution >= 0.6 is 0 Å². The summed E-state index contributed by atoms with van der Waals surface area (Å²) in [5.41, 5.74) is 6.64. The first-order chi connectivity index (χ1) is 16.6. The van der Waals surface area contributed by atoms with Crippen LogP contribution in [0.25, 0.3) is 0 Å². The molecule has 0 saturated heterocycles. The lowest BCUT2D eigenvalue weighted by Gasteiger charge is -2.22. The highest BCUT2D eigenvalue weighted by Gasteiger charge is 2.25. The standard InChI is InChI=1S/C26H39NO8/c1-6-9-12-25(30)32-17(4)18(5)33-26(31)20(27)15-19-13-14-21(34-23(28)10-7-2)22(16-19)35-24(29)11-8-3/h13-14,16-18,20H,6-12,15,27H2,1-5H3/t17-,18-,20-/m0/s1. The number of carbonyl (C=O) groups excluding carboxylic acids is 4. The molecule has 1 aromatic carbocycles. The van der Waals surface area contributed by atoms with Gasteiger partial charge in [-0.15, -0.1) is 0 Å². The van der Waals surface area contributed by atoms with E-state index in [0.717, 1.165) is 12.8 Å². The predicted molar refractivity (Wildman–Crippen MR) is 130 cm³/mol. The quantitative estimate of drug-likeness (QED) is 0.284. The summed E-state index contributed by atoms with van der Waals surface area (Å²) in [4.78, 5) is 48.3. The highest BCUT2D eigenvalue weighted by Crippen LogP contribution is 2.30. The van der Waals surface area contributed by atoms with E-state index in [4.69, 9.17) is 24.7 Å². The molecule has 1 rings (SSSR count). The third-order valence-corrected chi connectivity index (χ3v) is 5.14. The molecule has 1 aromatic rings. The Labute approximate surface area is 207 Å². The second-order valence-corrected chi connectivity index (χ2v) is 8.48. The van der Waals surface area contributed by atoms with E-state index in [1.54, 1.807) is 19.9 Å². The van der Waals surface area contributed by atoms with Gasteiger partial charge in [0.15, 0.2) is 11.5 Å². The fraction of sp³-hybridized carbons (Fsp3) is 0.615. The molecule has 0 aliphatic carbocycles. The van der Waals surface area contributed by atoms with Crippen LogP contribution in [-0.4, -0.2) is 42.1 Å². The average Bonchev–Trinajstić information content (AvgIpc) is 2.79. The minimum atomic E-state index is -1.01. The molecule has 0 heterocycles. The molecule has 196 valence electrons. The maximum Gasteiger partial charge on any atom is 0.323 e. The van der Waals surface area contributed by atoms with Crippen LogP contribution in [0.15, 0.2) is 18.2 Å². The largest absolute Gasteiger partial charge is 0.459 e. The molecular formula is C26H39NO8. The highest BCUT2D eigenvalue weighted by molar-refractivity contribution is 5.77. The summed E-state index contributed by atoms with van der Waals surface area (Å²) in [6.07, 6.45) is 2.39. The van der Waals surface area contributed by atoms with Crippen LogP contribution in [0, 0.1) is 0 Å². The van der Waals surface area contributed by atoms with Crippen molar-refractivity contribution in [3.63, 3.8) is 0 Å². The van der Waals surface area contributed by atoms with Gasteiger partial charge in [0.1, 0.15) is 18.2 Å². The molecule has 0 amide bonds. The Balaban J connectivity index is 2.83. The summed E-state index contributed by atoms with van der Waals surface area (Å²) in [7, 11) is 0. The lowest BCUT2D eigenvalue weighted by molar-refractivity contribution is -0.166. The summed E-state index contributed by atoms with van der Waals surface area (Å²) in [5.74, 6) is -1.68. The third-order valence-electron chi connectivity index (χ3n) is 5.14. The van der Waals surface area contributed by atoms with Crippen molar-refractivity contribution in [1.82, 2.24) is 0 Å². The van der Waals surface area contributed by atoms with Crippen LogP contribution in [0.3, 0.4) is 0 Å². The number of hydrogen-bond donors (Lipinski definition) is 1.